The topological polar surface area (TPSA) is 79.3 Å². The van der Waals surface area contributed by atoms with E-state index in [0.717, 1.165) is 0 Å². The van der Waals surface area contributed by atoms with E-state index in [-0.39, 0.29) is 21.7 Å². The van der Waals surface area contributed by atoms with Gasteiger partial charge in [0.25, 0.3) is 0 Å². The molecule has 2 fully saturated rings. The predicted octanol–water partition coefficient (Wildman–Crippen LogP) is 2.45. The van der Waals surface area contributed by atoms with Gasteiger partial charge < -0.3 is 0 Å². The summed E-state index contributed by atoms with van der Waals surface area (Å²) in [5, 5.41) is 0.174. The zero-order chi connectivity index (χ0) is 26.0. The molecule has 2 aliphatic rings. The van der Waals surface area contributed by atoms with Crippen LogP contribution in [0.2, 0.25) is 6.32 Å². The van der Waals surface area contributed by atoms with Gasteiger partial charge in [-0.2, -0.15) is 0 Å². The zero-order valence-corrected chi connectivity index (χ0v) is 24.9. The monoisotopic (exact) mass is 626 g/mol. The molecule has 4 heterocycles. The van der Waals surface area contributed by atoms with Crippen molar-refractivity contribution in [3.05, 3.63) is 11.6 Å². The molecular formula is C23H26B2F2N4O3Se2. The van der Waals surface area contributed by atoms with Gasteiger partial charge in [-0.15, -0.1) is 0 Å². The number of fused-ring (bicyclic) bond motifs is 5. The summed E-state index contributed by atoms with van der Waals surface area (Å²) in [6.45, 7) is 15.4. The van der Waals surface area contributed by atoms with Gasteiger partial charge in [0.15, 0.2) is 0 Å². The third-order valence-corrected chi connectivity index (χ3v) is 10.9. The van der Waals surface area contributed by atoms with Gasteiger partial charge in [0.1, 0.15) is 0 Å². The molecule has 0 saturated carbocycles. The van der Waals surface area contributed by atoms with Crippen LogP contribution in [0, 0.1) is 17.0 Å². The van der Waals surface area contributed by atoms with Gasteiger partial charge in [-0.1, -0.05) is 0 Å². The van der Waals surface area contributed by atoms with E-state index in [2.05, 4.69) is 29.8 Å². The molecule has 2 saturated heterocycles. The van der Waals surface area contributed by atoms with Gasteiger partial charge >= 0.3 is 222 Å². The molecule has 4 aromatic rings. The summed E-state index contributed by atoms with van der Waals surface area (Å²) in [4.78, 5) is 0. The fourth-order valence-corrected chi connectivity index (χ4v) is 7.47. The van der Waals surface area contributed by atoms with Crippen molar-refractivity contribution in [2.24, 2.45) is 5.41 Å². The Balaban J connectivity index is 1.66. The zero-order valence-electron chi connectivity index (χ0n) is 21.4. The van der Waals surface area contributed by atoms with E-state index in [0.29, 0.717) is 33.8 Å². The second-order valence-corrected chi connectivity index (χ2v) is 14.1. The fraction of sp³-hybridized carbons (Fsp3) is 0.565. The fourth-order valence-electron chi connectivity index (χ4n) is 5.10. The second kappa shape index (κ2) is 7.69. The Bertz CT molecular complexity index is 1420. The van der Waals surface area contributed by atoms with E-state index in [1.54, 1.807) is 0 Å². The van der Waals surface area contributed by atoms with Gasteiger partial charge in [-0.05, 0) is 0 Å². The van der Waals surface area contributed by atoms with Crippen LogP contribution >= 0.6 is 0 Å². The quantitative estimate of drug-likeness (QED) is 0.318. The molecule has 13 heteroatoms. The molecule has 7 nitrogen and oxygen atoms in total. The average Bonchev–Trinajstić information content (AvgIpc) is 3.48. The Kier molecular flexibility index (Phi) is 5.36. The van der Waals surface area contributed by atoms with Gasteiger partial charge in [-0.3, -0.25) is 0 Å². The van der Waals surface area contributed by atoms with Crippen molar-refractivity contribution < 1.29 is 22.7 Å². The van der Waals surface area contributed by atoms with Gasteiger partial charge in [0, 0.05) is 0 Å². The van der Waals surface area contributed by atoms with Crippen LogP contribution in [0.15, 0.2) is 0 Å². The van der Waals surface area contributed by atoms with Crippen molar-refractivity contribution in [2.45, 2.75) is 78.5 Å². The number of aromatic nitrogens is 4. The molecular weight excluding hydrogens is 598 g/mol. The Labute approximate surface area is 221 Å². The summed E-state index contributed by atoms with van der Waals surface area (Å²) in [7, 11) is -0.997. The molecule has 188 valence electrons. The van der Waals surface area contributed by atoms with E-state index in [1.165, 1.54) is 0 Å². The number of nitrogens with zero attached hydrogens (tertiary/aromatic N) is 4. The molecule has 0 bridgehead atoms. The molecule has 2 aliphatic heterocycles. The van der Waals surface area contributed by atoms with Gasteiger partial charge in [0.2, 0.25) is 0 Å². The first-order chi connectivity index (χ1) is 16.7. The van der Waals surface area contributed by atoms with Crippen LogP contribution in [0.1, 0.15) is 55.4 Å². The molecule has 0 N–H and O–H groups in total. The SMILES string of the molecule is CC1(C)CB(c2c(F)c3c4n[se]nc4c(B4OC(C)(C)C(C)(C)O4)c(F)c3c3n[se]nc23)OC1(C)C. The summed E-state index contributed by atoms with van der Waals surface area (Å²) in [6, 6.07) is 0. The van der Waals surface area contributed by atoms with Crippen molar-refractivity contribution in [3.63, 3.8) is 0 Å². The molecule has 6 rings (SSSR count). The molecule has 0 spiro atoms. The molecule has 0 aliphatic carbocycles. The normalized spacial score (nSPS) is 22.5. The van der Waals surface area contributed by atoms with Gasteiger partial charge in [0.05, 0.1) is 0 Å². The predicted molar refractivity (Wildman–Crippen MR) is 139 cm³/mol. The molecule has 36 heavy (non-hydrogen) atoms. The molecule has 0 radical (unpaired) electrons. The van der Waals surface area contributed by atoms with Crippen LogP contribution in [-0.4, -0.2) is 76.7 Å². The van der Waals surface area contributed by atoms with Crippen LogP contribution in [0.25, 0.3) is 32.8 Å². The van der Waals surface area contributed by atoms with Crippen molar-refractivity contribution in [2.75, 3.05) is 0 Å². The number of hydrogen-bond acceptors (Lipinski definition) is 7. The number of hydrogen-bond donors (Lipinski definition) is 0. The summed E-state index contributed by atoms with van der Waals surface area (Å²) in [5.74, 6) is -1.18. The van der Waals surface area contributed by atoms with Gasteiger partial charge in [-0.25, -0.2) is 0 Å². The first-order valence-electron chi connectivity index (χ1n) is 11.9. The maximum absolute atomic E-state index is 16.6. The molecule has 0 unspecified atom stereocenters. The van der Waals surface area contributed by atoms with Crippen LogP contribution in [0.3, 0.4) is 0 Å². The van der Waals surface area contributed by atoms with Crippen LogP contribution < -0.4 is 10.9 Å². The van der Waals surface area contributed by atoms with Crippen molar-refractivity contribution in [3.8, 4) is 0 Å². The third kappa shape index (κ3) is 3.27. The van der Waals surface area contributed by atoms with Crippen molar-refractivity contribution >= 4 is 87.7 Å². The second-order valence-electron chi connectivity index (χ2n) is 11.9. The Morgan fingerprint density at radius 1 is 0.639 bits per heavy atom. The first kappa shape index (κ1) is 25.1. The summed E-state index contributed by atoms with van der Waals surface area (Å²) >= 11 is -1.05. The van der Waals surface area contributed by atoms with E-state index in [4.69, 9.17) is 14.0 Å². The van der Waals surface area contributed by atoms with E-state index >= 15 is 8.78 Å². The average molecular weight is 624 g/mol. The minimum atomic E-state index is -0.997. The van der Waals surface area contributed by atoms with E-state index < -0.39 is 72.4 Å². The van der Waals surface area contributed by atoms with Crippen LogP contribution in [0.4, 0.5) is 8.78 Å². The molecule has 2 aromatic heterocycles. The Morgan fingerprint density at radius 2 is 1.08 bits per heavy atom. The summed E-state index contributed by atoms with van der Waals surface area (Å²) in [5.41, 5.74) is -0.120. The maximum atomic E-state index is 16.6. The Hall–Kier alpha value is -1.19. The molecule has 2 aromatic carbocycles. The number of benzene rings is 2. The van der Waals surface area contributed by atoms with Crippen LogP contribution in [0.5, 0.6) is 0 Å². The molecule has 0 atom stereocenters. The Morgan fingerprint density at radius 3 is 1.56 bits per heavy atom. The van der Waals surface area contributed by atoms with Crippen LogP contribution in [-0.2, 0) is 14.0 Å². The van der Waals surface area contributed by atoms with Crippen molar-refractivity contribution in [1.82, 2.24) is 15.9 Å². The van der Waals surface area contributed by atoms with Crippen molar-refractivity contribution in [1.29, 1.82) is 0 Å². The summed E-state index contributed by atoms with van der Waals surface area (Å²) in [6.07, 6.45) is 0.611. The third-order valence-electron chi connectivity index (χ3n) is 8.70. The molecule has 0 amide bonds. The van der Waals surface area contributed by atoms with E-state index in [1.807, 2.05) is 41.5 Å². The number of halogens is 2. The number of rotatable bonds is 2. The first-order valence-corrected chi connectivity index (χ1v) is 15.0. The standard InChI is InChI=1S/C23H26B2F2N4O3Se2/c1-20(2)9-24(32-21(20,3)4)12-14(26)10-11(16-18(12)30-35-28-16)15(27)13(19-17(10)29-36-31-19)25-33-22(5,6)23(7,8)34-25/h9H2,1-8H3. The minimum absolute atomic E-state index is 0.0750. The summed E-state index contributed by atoms with van der Waals surface area (Å²) < 4.78 is 70.0. The van der Waals surface area contributed by atoms with E-state index in [9.17, 15) is 0 Å².